The number of para-hydroxylation sites is 1. The number of aromatic nitrogens is 1. The van der Waals surface area contributed by atoms with Crippen LogP contribution in [0.25, 0.3) is 10.2 Å². The van der Waals surface area contributed by atoms with Crippen LogP contribution in [-0.4, -0.2) is 60.5 Å². The minimum absolute atomic E-state index is 0.127. The lowest BCUT2D eigenvalue weighted by molar-refractivity contribution is 0.0624. The summed E-state index contributed by atoms with van der Waals surface area (Å²) in [5, 5.41) is 0.501. The van der Waals surface area contributed by atoms with Crippen molar-refractivity contribution in [3.05, 3.63) is 59.1 Å². The van der Waals surface area contributed by atoms with Crippen LogP contribution < -0.4 is 0 Å². The molecule has 3 aromatic rings. The fraction of sp³-hybridized carbons (Fsp3) is 0.364. The van der Waals surface area contributed by atoms with Gasteiger partial charge in [-0.15, -0.1) is 11.3 Å². The first-order chi connectivity index (χ1) is 14.4. The average molecular weight is 444 g/mol. The summed E-state index contributed by atoms with van der Waals surface area (Å²) in [7, 11) is -3.52. The maximum absolute atomic E-state index is 13.1. The summed E-state index contributed by atoms with van der Waals surface area (Å²) in [6.45, 7) is 6.65. The number of sulfone groups is 1. The Balaban J connectivity index is 1.44. The molecule has 0 atom stereocenters. The van der Waals surface area contributed by atoms with Crippen LogP contribution in [0.1, 0.15) is 29.2 Å². The minimum atomic E-state index is -3.52. The average Bonchev–Trinajstić information content (AvgIpc) is 3.16. The molecule has 0 N–H and O–H groups in total. The molecule has 0 radical (unpaired) electrons. The summed E-state index contributed by atoms with van der Waals surface area (Å²) in [5.74, 6) is -0.213. The van der Waals surface area contributed by atoms with Gasteiger partial charge in [-0.3, -0.25) is 9.69 Å². The van der Waals surface area contributed by atoms with Crippen molar-refractivity contribution in [3.63, 3.8) is 0 Å². The maximum Gasteiger partial charge on any atom is 0.255 e. The Kier molecular flexibility index (Phi) is 5.90. The monoisotopic (exact) mass is 443 g/mol. The van der Waals surface area contributed by atoms with Crippen molar-refractivity contribution < 1.29 is 13.2 Å². The Labute approximate surface area is 181 Å². The zero-order chi connectivity index (χ0) is 21.3. The second kappa shape index (κ2) is 8.45. The minimum Gasteiger partial charge on any atom is -0.336 e. The second-order valence-corrected chi connectivity index (χ2v) is 11.3. The Bertz CT molecular complexity index is 1130. The van der Waals surface area contributed by atoms with Gasteiger partial charge in [-0.1, -0.05) is 24.3 Å². The molecule has 1 amide bonds. The third-order valence-corrected chi connectivity index (χ3v) is 8.63. The highest BCUT2D eigenvalue weighted by molar-refractivity contribution is 7.92. The second-order valence-electron chi connectivity index (χ2n) is 7.73. The van der Waals surface area contributed by atoms with Crippen LogP contribution in [-0.2, 0) is 16.4 Å². The molecule has 0 unspecified atom stereocenters. The topological polar surface area (TPSA) is 70.6 Å². The standard InChI is InChI=1S/C22H25N3O3S2/c1-16(2)30(27,28)20-10-6-3-7-17(20)22(26)25-13-11-24(12-14-25)15-21-23-18-8-4-5-9-19(18)29-21/h3-10,16H,11-15H2,1-2H3. The van der Waals surface area contributed by atoms with Gasteiger partial charge in [0, 0.05) is 26.2 Å². The maximum atomic E-state index is 13.1. The molecular formula is C22H25N3O3S2. The molecule has 0 bridgehead atoms. The highest BCUT2D eigenvalue weighted by Gasteiger charge is 2.29. The number of hydrogen-bond acceptors (Lipinski definition) is 6. The fourth-order valence-electron chi connectivity index (χ4n) is 3.60. The number of piperazine rings is 1. The van der Waals surface area contributed by atoms with Gasteiger partial charge in [-0.2, -0.15) is 0 Å². The van der Waals surface area contributed by atoms with Crippen molar-refractivity contribution in [3.8, 4) is 0 Å². The molecule has 1 aromatic heterocycles. The lowest BCUT2D eigenvalue weighted by Gasteiger charge is -2.34. The lowest BCUT2D eigenvalue weighted by Crippen LogP contribution is -2.48. The van der Waals surface area contributed by atoms with E-state index in [-0.39, 0.29) is 16.4 Å². The van der Waals surface area contributed by atoms with Gasteiger partial charge in [-0.05, 0) is 38.1 Å². The number of benzene rings is 2. The van der Waals surface area contributed by atoms with Crippen LogP contribution >= 0.6 is 11.3 Å². The van der Waals surface area contributed by atoms with E-state index in [0.29, 0.717) is 13.1 Å². The van der Waals surface area contributed by atoms with E-state index >= 15 is 0 Å². The van der Waals surface area contributed by atoms with Gasteiger partial charge < -0.3 is 4.90 Å². The van der Waals surface area contributed by atoms with E-state index in [2.05, 4.69) is 11.0 Å². The van der Waals surface area contributed by atoms with Crippen LogP contribution in [0.15, 0.2) is 53.4 Å². The van der Waals surface area contributed by atoms with Gasteiger partial charge in [0.15, 0.2) is 9.84 Å². The van der Waals surface area contributed by atoms with E-state index in [1.807, 2.05) is 18.2 Å². The molecule has 0 spiro atoms. The van der Waals surface area contributed by atoms with Gasteiger partial charge in [0.2, 0.25) is 0 Å². The molecule has 1 aliphatic rings. The van der Waals surface area contributed by atoms with Gasteiger partial charge in [0.25, 0.3) is 5.91 Å². The Hall–Kier alpha value is -2.29. The van der Waals surface area contributed by atoms with E-state index in [4.69, 9.17) is 4.98 Å². The van der Waals surface area contributed by atoms with Gasteiger partial charge in [-0.25, -0.2) is 13.4 Å². The number of amides is 1. The van der Waals surface area contributed by atoms with Gasteiger partial charge in [0.05, 0.1) is 32.5 Å². The number of carbonyl (C=O) groups excluding carboxylic acids is 1. The summed E-state index contributed by atoms with van der Waals surface area (Å²) < 4.78 is 26.6. The highest BCUT2D eigenvalue weighted by atomic mass is 32.2. The number of hydrogen-bond donors (Lipinski definition) is 0. The van der Waals surface area contributed by atoms with Gasteiger partial charge >= 0.3 is 0 Å². The van der Waals surface area contributed by atoms with E-state index in [9.17, 15) is 13.2 Å². The molecule has 1 aliphatic heterocycles. The predicted molar refractivity (Wildman–Crippen MR) is 120 cm³/mol. The quantitative estimate of drug-likeness (QED) is 0.604. The molecule has 0 aliphatic carbocycles. The third-order valence-electron chi connectivity index (χ3n) is 5.40. The molecule has 2 heterocycles. The van der Waals surface area contributed by atoms with E-state index in [1.165, 1.54) is 10.8 Å². The molecule has 30 heavy (non-hydrogen) atoms. The predicted octanol–water partition coefficient (Wildman–Crippen LogP) is 3.44. The SMILES string of the molecule is CC(C)S(=O)(=O)c1ccccc1C(=O)N1CCN(Cc2nc3ccccc3s2)CC1. The number of rotatable bonds is 5. The Morgan fingerprint density at radius 2 is 1.70 bits per heavy atom. The first kappa shape index (κ1) is 21.0. The number of carbonyl (C=O) groups is 1. The fourth-order valence-corrected chi connectivity index (χ4v) is 5.85. The van der Waals surface area contributed by atoms with Crippen LogP contribution in [0, 0.1) is 0 Å². The Morgan fingerprint density at radius 3 is 2.40 bits per heavy atom. The van der Waals surface area contributed by atoms with Gasteiger partial charge in [0.1, 0.15) is 5.01 Å². The first-order valence-electron chi connectivity index (χ1n) is 10.1. The molecule has 8 heteroatoms. The largest absolute Gasteiger partial charge is 0.336 e. The molecule has 0 saturated carbocycles. The summed E-state index contributed by atoms with van der Waals surface area (Å²) in [5.41, 5.74) is 1.29. The smallest absolute Gasteiger partial charge is 0.255 e. The molecule has 2 aromatic carbocycles. The van der Waals surface area contributed by atoms with E-state index in [1.54, 1.807) is 48.3 Å². The zero-order valence-corrected chi connectivity index (χ0v) is 18.7. The zero-order valence-electron chi connectivity index (χ0n) is 17.1. The van der Waals surface area contributed by atoms with Crippen molar-refractivity contribution in [1.82, 2.24) is 14.8 Å². The number of thiazole rings is 1. The van der Waals surface area contributed by atoms with Crippen molar-refractivity contribution in [2.24, 2.45) is 0 Å². The number of nitrogens with zero attached hydrogens (tertiary/aromatic N) is 3. The summed E-state index contributed by atoms with van der Waals surface area (Å²) >= 11 is 1.70. The van der Waals surface area contributed by atoms with E-state index < -0.39 is 15.1 Å². The number of fused-ring (bicyclic) bond motifs is 1. The first-order valence-corrected chi connectivity index (χ1v) is 12.4. The summed E-state index contributed by atoms with van der Waals surface area (Å²) in [6, 6.07) is 14.7. The molecular weight excluding hydrogens is 418 g/mol. The van der Waals surface area contributed by atoms with Crippen molar-refractivity contribution in [2.75, 3.05) is 26.2 Å². The van der Waals surface area contributed by atoms with E-state index in [0.717, 1.165) is 30.2 Å². The Morgan fingerprint density at radius 1 is 1.03 bits per heavy atom. The molecule has 1 fully saturated rings. The molecule has 158 valence electrons. The third kappa shape index (κ3) is 4.12. The summed E-state index contributed by atoms with van der Waals surface area (Å²) in [6.07, 6.45) is 0. The molecule has 6 nitrogen and oxygen atoms in total. The van der Waals surface area contributed by atoms with Crippen LogP contribution in [0.2, 0.25) is 0 Å². The molecule has 4 rings (SSSR count). The highest BCUT2D eigenvalue weighted by Crippen LogP contribution is 2.24. The lowest BCUT2D eigenvalue weighted by atomic mass is 10.2. The van der Waals surface area contributed by atoms with Crippen LogP contribution in [0.4, 0.5) is 0 Å². The van der Waals surface area contributed by atoms with Crippen LogP contribution in [0.5, 0.6) is 0 Å². The van der Waals surface area contributed by atoms with Crippen molar-refractivity contribution in [1.29, 1.82) is 0 Å². The van der Waals surface area contributed by atoms with Crippen molar-refractivity contribution >= 4 is 37.3 Å². The van der Waals surface area contributed by atoms with Crippen LogP contribution in [0.3, 0.4) is 0 Å². The molecule has 1 saturated heterocycles. The van der Waals surface area contributed by atoms with Crippen molar-refractivity contribution in [2.45, 2.75) is 30.5 Å². The normalized spacial score (nSPS) is 15.8. The summed E-state index contributed by atoms with van der Waals surface area (Å²) in [4.78, 5) is 22.0.